The highest BCUT2D eigenvalue weighted by molar-refractivity contribution is 5.49. The van der Waals surface area contributed by atoms with E-state index in [0.29, 0.717) is 0 Å². The SMILES string of the molecule is Cc1ccc(CCNc2ccc(N)c(C)n2)o1. The lowest BCUT2D eigenvalue weighted by atomic mass is 10.3. The van der Waals surface area contributed by atoms with Crippen molar-refractivity contribution in [2.75, 3.05) is 17.6 Å². The van der Waals surface area contributed by atoms with Crippen LogP contribution < -0.4 is 11.1 Å². The highest BCUT2D eigenvalue weighted by Gasteiger charge is 2.00. The lowest BCUT2D eigenvalue weighted by Crippen LogP contribution is -2.07. The van der Waals surface area contributed by atoms with Crippen LogP contribution in [-0.2, 0) is 6.42 Å². The van der Waals surface area contributed by atoms with Gasteiger partial charge in [-0.25, -0.2) is 4.98 Å². The Balaban J connectivity index is 1.87. The third-order valence-electron chi connectivity index (χ3n) is 2.60. The maximum atomic E-state index is 5.71. The normalized spacial score (nSPS) is 10.5. The number of aromatic nitrogens is 1. The van der Waals surface area contributed by atoms with E-state index in [0.717, 1.165) is 41.7 Å². The summed E-state index contributed by atoms with van der Waals surface area (Å²) >= 11 is 0. The summed E-state index contributed by atoms with van der Waals surface area (Å²) in [6.45, 7) is 4.64. The van der Waals surface area contributed by atoms with Gasteiger partial charge in [0.15, 0.2) is 0 Å². The smallest absolute Gasteiger partial charge is 0.126 e. The first-order valence-corrected chi connectivity index (χ1v) is 5.67. The molecule has 2 aromatic heterocycles. The fourth-order valence-electron chi connectivity index (χ4n) is 1.60. The van der Waals surface area contributed by atoms with E-state index in [1.165, 1.54) is 0 Å². The first-order chi connectivity index (χ1) is 8.15. The van der Waals surface area contributed by atoms with Gasteiger partial charge in [-0.05, 0) is 38.1 Å². The van der Waals surface area contributed by atoms with Crippen LogP contribution in [0.1, 0.15) is 17.2 Å². The molecular weight excluding hydrogens is 214 g/mol. The molecule has 2 aromatic rings. The van der Waals surface area contributed by atoms with Crippen molar-refractivity contribution in [3.63, 3.8) is 0 Å². The van der Waals surface area contributed by atoms with E-state index in [-0.39, 0.29) is 0 Å². The van der Waals surface area contributed by atoms with Crippen molar-refractivity contribution in [3.8, 4) is 0 Å². The van der Waals surface area contributed by atoms with Crippen LogP contribution in [0.2, 0.25) is 0 Å². The van der Waals surface area contributed by atoms with Crippen LogP contribution in [0.5, 0.6) is 0 Å². The Bertz CT molecular complexity index is 505. The number of anilines is 2. The Labute approximate surface area is 101 Å². The molecule has 17 heavy (non-hydrogen) atoms. The second kappa shape index (κ2) is 4.91. The molecule has 0 aromatic carbocycles. The highest BCUT2D eigenvalue weighted by atomic mass is 16.3. The van der Waals surface area contributed by atoms with Crippen LogP contribution in [0.15, 0.2) is 28.7 Å². The van der Waals surface area contributed by atoms with Crippen LogP contribution >= 0.6 is 0 Å². The van der Waals surface area contributed by atoms with Crippen LogP contribution in [-0.4, -0.2) is 11.5 Å². The van der Waals surface area contributed by atoms with Gasteiger partial charge in [-0.15, -0.1) is 0 Å². The largest absolute Gasteiger partial charge is 0.466 e. The predicted molar refractivity (Wildman–Crippen MR) is 69.0 cm³/mol. The Morgan fingerprint density at radius 3 is 2.71 bits per heavy atom. The van der Waals surface area contributed by atoms with Gasteiger partial charge in [-0.3, -0.25) is 0 Å². The number of hydrogen-bond acceptors (Lipinski definition) is 4. The minimum Gasteiger partial charge on any atom is -0.466 e. The predicted octanol–water partition coefficient (Wildman–Crippen LogP) is 2.53. The van der Waals surface area contributed by atoms with Gasteiger partial charge in [0.1, 0.15) is 17.3 Å². The maximum Gasteiger partial charge on any atom is 0.126 e. The Kier molecular flexibility index (Phi) is 3.32. The van der Waals surface area contributed by atoms with Crippen LogP contribution in [0.25, 0.3) is 0 Å². The topological polar surface area (TPSA) is 64.1 Å². The third-order valence-corrected chi connectivity index (χ3v) is 2.60. The molecule has 0 aliphatic carbocycles. The molecule has 0 fully saturated rings. The molecule has 0 spiro atoms. The fraction of sp³-hybridized carbons (Fsp3) is 0.308. The van der Waals surface area contributed by atoms with Crippen LogP contribution in [0.4, 0.5) is 11.5 Å². The summed E-state index contributed by atoms with van der Waals surface area (Å²) in [5.41, 5.74) is 7.28. The van der Waals surface area contributed by atoms with Gasteiger partial charge in [0.05, 0.1) is 11.4 Å². The van der Waals surface area contributed by atoms with Gasteiger partial charge in [0.2, 0.25) is 0 Å². The fourth-order valence-corrected chi connectivity index (χ4v) is 1.60. The maximum absolute atomic E-state index is 5.71. The molecular formula is C13H17N3O. The number of nitrogens with one attached hydrogen (secondary N) is 1. The van der Waals surface area contributed by atoms with Gasteiger partial charge in [0.25, 0.3) is 0 Å². The monoisotopic (exact) mass is 231 g/mol. The minimum atomic E-state index is 0.720. The van der Waals surface area contributed by atoms with Crippen molar-refractivity contribution >= 4 is 11.5 Å². The zero-order chi connectivity index (χ0) is 12.3. The number of rotatable bonds is 4. The van der Waals surface area contributed by atoms with Crippen molar-refractivity contribution < 1.29 is 4.42 Å². The number of pyridine rings is 1. The zero-order valence-electron chi connectivity index (χ0n) is 10.2. The molecule has 0 radical (unpaired) electrons. The summed E-state index contributed by atoms with van der Waals surface area (Å²) in [5.74, 6) is 2.78. The molecule has 3 N–H and O–H groups in total. The van der Waals surface area contributed by atoms with E-state index in [1.807, 2.05) is 38.1 Å². The van der Waals surface area contributed by atoms with E-state index in [2.05, 4.69) is 10.3 Å². The molecule has 2 rings (SSSR count). The summed E-state index contributed by atoms with van der Waals surface area (Å²) in [7, 11) is 0. The average Bonchev–Trinajstić information content (AvgIpc) is 2.70. The number of nitrogen functional groups attached to an aromatic ring is 1. The zero-order valence-corrected chi connectivity index (χ0v) is 10.2. The molecule has 0 aliphatic heterocycles. The van der Waals surface area contributed by atoms with Crippen molar-refractivity contribution in [1.82, 2.24) is 4.98 Å². The molecule has 0 bridgehead atoms. The standard InChI is InChI=1S/C13H17N3O/c1-9-3-4-11(17-9)7-8-15-13-6-5-12(14)10(2)16-13/h3-6H,7-8,14H2,1-2H3,(H,15,16). The molecule has 0 atom stereocenters. The quantitative estimate of drug-likeness (QED) is 0.848. The summed E-state index contributed by atoms with van der Waals surface area (Å²) in [4.78, 5) is 4.34. The molecule has 4 heteroatoms. The summed E-state index contributed by atoms with van der Waals surface area (Å²) in [6.07, 6.45) is 0.846. The second-order valence-electron chi connectivity index (χ2n) is 4.06. The molecule has 2 heterocycles. The lowest BCUT2D eigenvalue weighted by molar-refractivity contribution is 0.486. The van der Waals surface area contributed by atoms with Crippen molar-refractivity contribution in [1.29, 1.82) is 0 Å². The Morgan fingerprint density at radius 1 is 1.24 bits per heavy atom. The van der Waals surface area contributed by atoms with Gasteiger partial charge in [-0.2, -0.15) is 0 Å². The number of hydrogen-bond donors (Lipinski definition) is 2. The third kappa shape index (κ3) is 3.00. The molecule has 0 saturated heterocycles. The van der Waals surface area contributed by atoms with E-state index in [4.69, 9.17) is 10.2 Å². The number of furan rings is 1. The first kappa shape index (κ1) is 11.5. The molecule has 0 saturated carbocycles. The average molecular weight is 231 g/mol. The van der Waals surface area contributed by atoms with E-state index in [9.17, 15) is 0 Å². The molecule has 0 amide bonds. The minimum absolute atomic E-state index is 0.720. The van der Waals surface area contributed by atoms with E-state index in [1.54, 1.807) is 0 Å². The first-order valence-electron chi connectivity index (χ1n) is 5.67. The number of nitrogens with zero attached hydrogens (tertiary/aromatic N) is 1. The van der Waals surface area contributed by atoms with Gasteiger partial charge in [0, 0.05) is 13.0 Å². The number of nitrogens with two attached hydrogens (primary N) is 1. The molecule has 4 nitrogen and oxygen atoms in total. The Morgan fingerprint density at radius 2 is 2.06 bits per heavy atom. The van der Waals surface area contributed by atoms with E-state index >= 15 is 0 Å². The van der Waals surface area contributed by atoms with Crippen LogP contribution in [0.3, 0.4) is 0 Å². The van der Waals surface area contributed by atoms with Gasteiger partial charge >= 0.3 is 0 Å². The summed E-state index contributed by atoms with van der Waals surface area (Å²) < 4.78 is 5.48. The molecule has 0 aliphatic rings. The summed E-state index contributed by atoms with van der Waals surface area (Å²) in [6, 6.07) is 7.72. The highest BCUT2D eigenvalue weighted by Crippen LogP contribution is 2.12. The summed E-state index contributed by atoms with van der Waals surface area (Å²) in [5, 5.41) is 3.24. The Hall–Kier alpha value is -1.97. The molecule has 0 unspecified atom stereocenters. The van der Waals surface area contributed by atoms with Gasteiger partial charge < -0.3 is 15.5 Å². The number of aryl methyl sites for hydroxylation is 2. The van der Waals surface area contributed by atoms with Gasteiger partial charge in [-0.1, -0.05) is 0 Å². The second-order valence-corrected chi connectivity index (χ2v) is 4.06. The van der Waals surface area contributed by atoms with E-state index < -0.39 is 0 Å². The molecule has 90 valence electrons. The van der Waals surface area contributed by atoms with Crippen LogP contribution in [0, 0.1) is 13.8 Å². The van der Waals surface area contributed by atoms with Crippen molar-refractivity contribution in [2.45, 2.75) is 20.3 Å². The van der Waals surface area contributed by atoms with Crippen molar-refractivity contribution in [3.05, 3.63) is 41.5 Å². The van der Waals surface area contributed by atoms with Crippen molar-refractivity contribution in [2.24, 2.45) is 0 Å². The lowest BCUT2D eigenvalue weighted by Gasteiger charge is -2.06.